The quantitative estimate of drug-likeness (QED) is 0.130. The molecule has 0 aliphatic carbocycles. The van der Waals surface area contributed by atoms with Crippen LogP contribution in [0.3, 0.4) is 0 Å². The van der Waals surface area contributed by atoms with Gasteiger partial charge in [-0.25, -0.2) is 9.18 Å². The van der Waals surface area contributed by atoms with E-state index in [-0.39, 0.29) is 5.56 Å². The van der Waals surface area contributed by atoms with Gasteiger partial charge in [-0.3, -0.25) is 0 Å². The third-order valence-electron chi connectivity index (χ3n) is 5.99. The van der Waals surface area contributed by atoms with Gasteiger partial charge in [0.1, 0.15) is 5.75 Å². The fourth-order valence-electron chi connectivity index (χ4n) is 3.86. The zero-order chi connectivity index (χ0) is 24.6. The van der Waals surface area contributed by atoms with E-state index in [4.69, 9.17) is 9.47 Å². The van der Waals surface area contributed by atoms with Crippen molar-refractivity contribution in [2.45, 2.75) is 97.3 Å². The van der Waals surface area contributed by atoms with E-state index in [1.165, 1.54) is 57.1 Å². The van der Waals surface area contributed by atoms with E-state index in [0.29, 0.717) is 24.3 Å². The summed E-state index contributed by atoms with van der Waals surface area (Å²) < 4.78 is 39.8. The summed E-state index contributed by atoms with van der Waals surface area (Å²) >= 11 is 0. The van der Waals surface area contributed by atoms with Gasteiger partial charge >= 0.3 is 5.97 Å². The number of hydrogen-bond acceptors (Lipinski definition) is 3. The molecule has 0 aliphatic heterocycles. The molecule has 0 radical (unpaired) electrons. The summed E-state index contributed by atoms with van der Waals surface area (Å²) in [5, 5.41) is 0. The lowest BCUT2D eigenvalue weighted by atomic mass is 10.0. The van der Waals surface area contributed by atoms with Crippen LogP contribution in [0, 0.1) is 11.6 Å². The summed E-state index contributed by atoms with van der Waals surface area (Å²) in [6.45, 7) is 4.99. The molecule has 34 heavy (non-hydrogen) atoms. The van der Waals surface area contributed by atoms with E-state index in [1.54, 1.807) is 24.3 Å². The van der Waals surface area contributed by atoms with Crippen molar-refractivity contribution in [2.75, 3.05) is 6.61 Å². The molecule has 0 atom stereocenters. The molecular formula is C29H40F2O3. The van der Waals surface area contributed by atoms with Crippen LogP contribution in [0.1, 0.15) is 107 Å². The summed E-state index contributed by atoms with van der Waals surface area (Å²) in [4.78, 5) is 12.4. The van der Waals surface area contributed by atoms with Crippen molar-refractivity contribution in [1.29, 1.82) is 0 Å². The van der Waals surface area contributed by atoms with E-state index < -0.39 is 23.4 Å². The van der Waals surface area contributed by atoms with Gasteiger partial charge in [-0.15, -0.1) is 0 Å². The lowest BCUT2D eigenvalue weighted by Crippen LogP contribution is -2.11. The first-order valence-corrected chi connectivity index (χ1v) is 13.0. The Bertz CT molecular complexity index is 849. The average molecular weight is 475 g/mol. The van der Waals surface area contributed by atoms with E-state index >= 15 is 0 Å². The Balaban J connectivity index is 1.80. The highest BCUT2D eigenvalue weighted by molar-refractivity contribution is 5.91. The zero-order valence-electron chi connectivity index (χ0n) is 20.8. The second kappa shape index (κ2) is 16.2. The molecule has 0 N–H and O–H groups in total. The molecule has 0 unspecified atom stereocenters. The number of rotatable bonds is 17. The third kappa shape index (κ3) is 9.82. The molecule has 3 nitrogen and oxygen atoms in total. The summed E-state index contributed by atoms with van der Waals surface area (Å²) in [6, 6.07) is 9.36. The van der Waals surface area contributed by atoms with Crippen LogP contribution in [0.5, 0.6) is 11.5 Å². The highest BCUT2D eigenvalue weighted by Crippen LogP contribution is 2.25. The third-order valence-corrected chi connectivity index (χ3v) is 5.99. The fourth-order valence-corrected chi connectivity index (χ4v) is 3.86. The molecule has 0 aliphatic rings. The maximum Gasteiger partial charge on any atom is 0.343 e. The minimum Gasteiger partial charge on any atom is -0.494 e. The van der Waals surface area contributed by atoms with E-state index in [0.717, 1.165) is 32.1 Å². The first-order chi connectivity index (χ1) is 16.6. The Labute approximate surface area is 203 Å². The molecule has 5 heteroatoms. The number of halogens is 2. The molecule has 0 aromatic heterocycles. The highest BCUT2D eigenvalue weighted by Gasteiger charge is 2.18. The van der Waals surface area contributed by atoms with Crippen LogP contribution < -0.4 is 9.47 Å². The van der Waals surface area contributed by atoms with Crippen LogP contribution in [0.15, 0.2) is 36.4 Å². The number of benzene rings is 2. The molecule has 0 saturated heterocycles. The number of ether oxygens (including phenoxy) is 2. The van der Waals surface area contributed by atoms with Crippen molar-refractivity contribution in [1.82, 2.24) is 0 Å². The smallest absolute Gasteiger partial charge is 0.343 e. The van der Waals surface area contributed by atoms with Crippen LogP contribution in [0.25, 0.3) is 0 Å². The minimum absolute atomic E-state index is 0.253. The molecular weight excluding hydrogens is 434 g/mol. The van der Waals surface area contributed by atoms with Crippen molar-refractivity contribution in [2.24, 2.45) is 0 Å². The van der Waals surface area contributed by atoms with E-state index in [1.807, 2.05) is 0 Å². The van der Waals surface area contributed by atoms with E-state index in [2.05, 4.69) is 13.8 Å². The average Bonchev–Trinajstić information content (AvgIpc) is 2.85. The Morgan fingerprint density at radius 1 is 0.706 bits per heavy atom. The lowest BCUT2D eigenvalue weighted by Gasteiger charge is -2.10. The molecule has 0 spiro atoms. The zero-order valence-corrected chi connectivity index (χ0v) is 20.8. The molecule has 2 rings (SSSR count). The first kappa shape index (κ1) is 27.8. The van der Waals surface area contributed by atoms with Crippen LogP contribution >= 0.6 is 0 Å². The Kier molecular flexibility index (Phi) is 13.3. The molecule has 0 bridgehead atoms. The monoisotopic (exact) mass is 474 g/mol. The van der Waals surface area contributed by atoms with Gasteiger partial charge in [0.25, 0.3) is 0 Å². The van der Waals surface area contributed by atoms with Crippen LogP contribution in [-0.4, -0.2) is 12.6 Å². The van der Waals surface area contributed by atoms with Crippen molar-refractivity contribution in [3.05, 3.63) is 59.2 Å². The Morgan fingerprint density at radius 2 is 1.29 bits per heavy atom. The number of unbranched alkanes of at least 4 members (excludes halogenated alkanes) is 10. The predicted octanol–water partition coefficient (Wildman–Crippen LogP) is 8.83. The van der Waals surface area contributed by atoms with Gasteiger partial charge in [0, 0.05) is 0 Å². The topological polar surface area (TPSA) is 35.5 Å². The van der Waals surface area contributed by atoms with Gasteiger partial charge < -0.3 is 9.47 Å². The number of hydrogen-bond donors (Lipinski definition) is 0. The van der Waals surface area contributed by atoms with Crippen molar-refractivity contribution >= 4 is 5.97 Å². The Hall–Kier alpha value is -2.43. The Morgan fingerprint density at radius 3 is 1.94 bits per heavy atom. The SMILES string of the molecule is CCCCCCCCOc1ccc(C(=O)Oc2ccc(CCCCCCCC)c(F)c2F)cc1. The summed E-state index contributed by atoms with van der Waals surface area (Å²) in [5.74, 6) is -2.50. The number of esters is 1. The van der Waals surface area contributed by atoms with Crippen LogP contribution in [-0.2, 0) is 6.42 Å². The molecule has 0 heterocycles. The first-order valence-electron chi connectivity index (χ1n) is 13.0. The normalized spacial score (nSPS) is 10.9. The summed E-state index contributed by atoms with van der Waals surface area (Å²) in [6.07, 6.45) is 14.1. The van der Waals surface area contributed by atoms with Crippen LogP contribution in [0.4, 0.5) is 8.78 Å². The van der Waals surface area contributed by atoms with Gasteiger partial charge in [0.05, 0.1) is 12.2 Å². The standard InChI is InChI=1S/C29H40F2O3/c1-3-5-7-9-11-13-15-23-18-21-26(28(31)27(23)30)34-29(32)24-16-19-25(20-17-24)33-22-14-12-10-8-6-4-2/h16-21H,3-15,22H2,1-2H3. The maximum atomic E-state index is 14.5. The second-order valence-electron chi connectivity index (χ2n) is 8.90. The number of aryl methyl sites for hydroxylation is 1. The van der Waals surface area contributed by atoms with Gasteiger partial charge in [0.15, 0.2) is 11.6 Å². The summed E-state index contributed by atoms with van der Waals surface area (Å²) in [5.41, 5.74) is 0.572. The lowest BCUT2D eigenvalue weighted by molar-refractivity contribution is 0.0726. The summed E-state index contributed by atoms with van der Waals surface area (Å²) in [7, 11) is 0. The minimum atomic E-state index is -1.12. The molecule has 0 amide bonds. The fraction of sp³-hybridized carbons (Fsp3) is 0.552. The number of carbonyl (C=O) groups excluding carboxylic acids is 1. The van der Waals surface area contributed by atoms with Gasteiger partial charge in [-0.2, -0.15) is 4.39 Å². The van der Waals surface area contributed by atoms with Crippen molar-refractivity contribution in [3.63, 3.8) is 0 Å². The molecule has 0 fully saturated rings. The molecule has 2 aromatic carbocycles. The molecule has 2 aromatic rings. The molecule has 0 saturated carbocycles. The second-order valence-corrected chi connectivity index (χ2v) is 8.90. The highest BCUT2D eigenvalue weighted by atomic mass is 19.2. The largest absolute Gasteiger partial charge is 0.494 e. The van der Waals surface area contributed by atoms with Crippen molar-refractivity contribution < 1.29 is 23.0 Å². The van der Waals surface area contributed by atoms with Gasteiger partial charge in [0.2, 0.25) is 5.82 Å². The maximum absolute atomic E-state index is 14.5. The van der Waals surface area contributed by atoms with Crippen molar-refractivity contribution in [3.8, 4) is 11.5 Å². The molecule has 188 valence electrons. The van der Waals surface area contributed by atoms with Gasteiger partial charge in [-0.05, 0) is 55.2 Å². The van der Waals surface area contributed by atoms with Gasteiger partial charge in [-0.1, -0.05) is 84.1 Å². The van der Waals surface area contributed by atoms with Crippen LogP contribution in [0.2, 0.25) is 0 Å². The van der Waals surface area contributed by atoms with E-state index in [9.17, 15) is 13.6 Å². The number of carbonyl (C=O) groups is 1. The predicted molar refractivity (Wildman–Crippen MR) is 134 cm³/mol.